The van der Waals surface area contributed by atoms with Gasteiger partial charge in [0.1, 0.15) is 7.14 Å². The maximum absolute atomic E-state index is 11.5. The summed E-state index contributed by atoms with van der Waals surface area (Å²) in [6.07, 6.45) is -0.253. The van der Waals surface area contributed by atoms with E-state index in [9.17, 15) is 4.57 Å². The van der Waals surface area contributed by atoms with Crippen molar-refractivity contribution in [3.63, 3.8) is 0 Å². The van der Waals surface area contributed by atoms with Crippen LogP contribution in [0.1, 0.15) is 0 Å². The summed E-state index contributed by atoms with van der Waals surface area (Å²) in [6, 6.07) is 9.05. The molecule has 1 N–H and O–H groups in total. The Morgan fingerprint density at radius 2 is 1.91 bits per heavy atom. The van der Waals surface area contributed by atoms with E-state index in [-0.39, 0.29) is 6.35 Å². The molecule has 0 aliphatic carbocycles. The molecule has 11 heavy (non-hydrogen) atoms. The van der Waals surface area contributed by atoms with E-state index in [1.165, 1.54) is 0 Å². The van der Waals surface area contributed by atoms with E-state index >= 15 is 0 Å². The number of benzene rings is 1. The molecule has 0 fully saturated rings. The van der Waals surface area contributed by atoms with Gasteiger partial charge in [0.05, 0.1) is 6.35 Å². The Morgan fingerprint density at radius 3 is 2.36 bits per heavy atom. The van der Waals surface area contributed by atoms with Crippen LogP contribution >= 0.6 is 7.14 Å². The highest BCUT2D eigenvalue weighted by Crippen LogP contribution is 2.37. The highest BCUT2D eigenvalue weighted by Gasteiger charge is 2.15. The average molecular weight is 170 g/mol. The molecule has 0 unspecified atom stereocenters. The Bertz CT molecular complexity index is 269. The number of hydrogen-bond donors (Lipinski definition) is 1. The summed E-state index contributed by atoms with van der Waals surface area (Å²) < 4.78 is 11.5. The van der Waals surface area contributed by atoms with Crippen molar-refractivity contribution in [2.45, 2.75) is 0 Å². The molecule has 0 aliphatic rings. The first-order valence-electron chi connectivity index (χ1n) is 3.40. The molecule has 3 heteroatoms. The largest absolute Gasteiger partial charge is 0.388 e. The van der Waals surface area contributed by atoms with E-state index in [1.807, 2.05) is 18.2 Å². The van der Waals surface area contributed by atoms with Gasteiger partial charge in [-0.15, -0.1) is 0 Å². The fourth-order valence-electron chi connectivity index (χ4n) is 0.825. The first kappa shape index (κ1) is 8.51. The number of aliphatic hydroxyl groups is 1. The van der Waals surface area contributed by atoms with Crippen molar-refractivity contribution in [2.24, 2.45) is 0 Å². The Labute approximate surface area is 66.2 Å². The standard InChI is InChI=1S/C8H11O2P/c1-11(10,7-9)8-5-3-2-4-6-8/h2-6,9H,7H2,1H3/t11-/m1/s1. The highest BCUT2D eigenvalue weighted by atomic mass is 31.2. The molecule has 1 aromatic carbocycles. The normalized spacial score (nSPS) is 15.8. The Balaban J connectivity index is 3.03. The van der Waals surface area contributed by atoms with Gasteiger partial charge in [-0.2, -0.15) is 0 Å². The van der Waals surface area contributed by atoms with Crippen LogP contribution in [0.5, 0.6) is 0 Å². The van der Waals surface area contributed by atoms with E-state index in [4.69, 9.17) is 5.11 Å². The van der Waals surface area contributed by atoms with Crippen LogP contribution in [0.3, 0.4) is 0 Å². The van der Waals surface area contributed by atoms with E-state index in [0.717, 1.165) is 5.30 Å². The van der Waals surface area contributed by atoms with Gasteiger partial charge in [0.2, 0.25) is 0 Å². The lowest BCUT2D eigenvalue weighted by Gasteiger charge is -2.08. The van der Waals surface area contributed by atoms with Gasteiger partial charge >= 0.3 is 0 Å². The molecule has 0 saturated heterocycles. The van der Waals surface area contributed by atoms with Crippen molar-refractivity contribution in [3.8, 4) is 0 Å². The van der Waals surface area contributed by atoms with Crippen molar-refractivity contribution in [1.82, 2.24) is 0 Å². The Hall–Kier alpha value is -0.590. The van der Waals surface area contributed by atoms with Gasteiger partial charge in [0, 0.05) is 5.30 Å². The number of hydrogen-bond acceptors (Lipinski definition) is 2. The second-order valence-corrected chi connectivity index (χ2v) is 5.58. The van der Waals surface area contributed by atoms with Crippen LogP contribution in [-0.4, -0.2) is 18.1 Å². The molecule has 60 valence electrons. The lowest BCUT2D eigenvalue weighted by Crippen LogP contribution is -2.05. The summed E-state index contributed by atoms with van der Waals surface area (Å²) in [5, 5.41) is 9.52. The lowest BCUT2D eigenvalue weighted by atomic mass is 10.4. The zero-order chi connectivity index (χ0) is 8.32. The summed E-state index contributed by atoms with van der Waals surface area (Å²) in [5.74, 6) is 0. The molecule has 0 spiro atoms. The average Bonchev–Trinajstić information content (AvgIpc) is 2.06. The first-order valence-corrected chi connectivity index (χ1v) is 5.74. The van der Waals surface area contributed by atoms with Gasteiger partial charge in [-0.25, -0.2) is 0 Å². The molecule has 1 rings (SSSR count). The maximum atomic E-state index is 11.5. The molecule has 1 atom stereocenters. The molecule has 0 radical (unpaired) electrons. The molecule has 0 heterocycles. The quantitative estimate of drug-likeness (QED) is 0.678. The van der Waals surface area contributed by atoms with Gasteiger partial charge in [-0.05, 0) is 6.66 Å². The fraction of sp³-hybridized carbons (Fsp3) is 0.250. The minimum absolute atomic E-state index is 0.253. The van der Waals surface area contributed by atoms with Gasteiger partial charge in [0.25, 0.3) is 0 Å². The van der Waals surface area contributed by atoms with Crippen molar-refractivity contribution >= 4 is 12.4 Å². The first-order chi connectivity index (χ1) is 5.17. The van der Waals surface area contributed by atoms with Gasteiger partial charge in [0.15, 0.2) is 0 Å². The van der Waals surface area contributed by atoms with Gasteiger partial charge in [-0.3, -0.25) is 0 Å². The minimum Gasteiger partial charge on any atom is -0.388 e. The predicted octanol–water partition coefficient (Wildman–Crippen LogP) is 1.25. The summed E-state index contributed by atoms with van der Waals surface area (Å²) in [7, 11) is -2.47. The number of aliphatic hydroxyl groups excluding tert-OH is 1. The molecule has 0 aliphatic heterocycles. The summed E-state index contributed by atoms with van der Waals surface area (Å²) in [4.78, 5) is 0. The van der Waals surface area contributed by atoms with Crippen molar-refractivity contribution in [3.05, 3.63) is 30.3 Å². The van der Waals surface area contributed by atoms with Crippen LogP contribution in [-0.2, 0) is 4.57 Å². The molecular weight excluding hydrogens is 159 g/mol. The third-order valence-corrected chi connectivity index (χ3v) is 3.50. The number of rotatable bonds is 2. The topological polar surface area (TPSA) is 37.3 Å². The van der Waals surface area contributed by atoms with Crippen molar-refractivity contribution in [2.75, 3.05) is 13.0 Å². The molecule has 0 bridgehead atoms. The van der Waals surface area contributed by atoms with Gasteiger partial charge in [-0.1, -0.05) is 30.3 Å². The lowest BCUT2D eigenvalue weighted by molar-refractivity contribution is 0.361. The zero-order valence-corrected chi connectivity index (χ0v) is 7.29. The highest BCUT2D eigenvalue weighted by molar-refractivity contribution is 7.70. The third-order valence-electron chi connectivity index (χ3n) is 1.57. The summed E-state index contributed by atoms with van der Waals surface area (Å²) in [5.41, 5.74) is 0. The SMILES string of the molecule is C[P@@](=O)(CO)c1ccccc1. The molecular formula is C8H11O2P. The van der Waals surface area contributed by atoms with Crippen LogP contribution in [0.25, 0.3) is 0 Å². The molecule has 0 amide bonds. The second-order valence-electron chi connectivity index (χ2n) is 2.58. The third kappa shape index (κ3) is 1.92. The Kier molecular flexibility index (Phi) is 2.48. The second kappa shape index (κ2) is 3.21. The van der Waals surface area contributed by atoms with Crippen LogP contribution in [0.15, 0.2) is 30.3 Å². The van der Waals surface area contributed by atoms with E-state index in [2.05, 4.69) is 0 Å². The van der Waals surface area contributed by atoms with Crippen LogP contribution in [0, 0.1) is 0 Å². The zero-order valence-electron chi connectivity index (χ0n) is 6.40. The van der Waals surface area contributed by atoms with Crippen LogP contribution in [0.2, 0.25) is 0 Å². The van der Waals surface area contributed by atoms with Crippen molar-refractivity contribution in [1.29, 1.82) is 0 Å². The van der Waals surface area contributed by atoms with Gasteiger partial charge < -0.3 is 9.67 Å². The van der Waals surface area contributed by atoms with E-state index < -0.39 is 7.14 Å². The van der Waals surface area contributed by atoms with E-state index in [1.54, 1.807) is 18.8 Å². The fourth-order valence-corrected chi connectivity index (χ4v) is 1.79. The minimum atomic E-state index is -2.47. The molecule has 2 nitrogen and oxygen atoms in total. The van der Waals surface area contributed by atoms with Crippen LogP contribution < -0.4 is 5.30 Å². The predicted molar refractivity (Wildman–Crippen MR) is 46.7 cm³/mol. The van der Waals surface area contributed by atoms with E-state index in [0.29, 0.717) is 0 Å². The summed E-state index contributed by atoms with van der Waals surface area (Å²) in [6.45, 7) is 1.59. The molecule has 1 aromatic rings. The van der Waals surface area contributed by atoms with Crippen molar-refractivity contribution < 1.29 is 9.67 Å². The molecule has 0 aromatic heterocycles. The maximum Gasteiger partial charge on any atom is 0.136 e. The summed E-state index contributed by atoms with van der Waals surface area (Å²) >= 11 is 0. The Morgan fingerprint density at radius 1 is 1.36 bits per heavy atom. The molecule has 0 saturated carbocycles. The monoisotopic (exact) mass is 170 g/mol. The van der Waals surface area contributed by atoms with Crippen LogP contribution in [0.4, 0.5) is 0 Å². The smallest absolute Gasteiger partial charge is 0.136 e.